The molecule has 0 saturated heterocycles. The number of thiocarbonyl (C=S) groups is 1. The monoisotopic (exact) mass is 272 g/mol. The summed E-state index contributed by atoms with van der Waals surface area (Å²) < 4.78 is 5.35. The van der Waals surface area contributed by atoms with Crippen molar-refractivity contribution in [2.45, 2.75) is 13.8 Å². The lowest BCUT2D eigenvalue weighted by Gasteiger charge is -2.04. The summed E-state index contributed by atoms with van der Waals surface area (Å²) in [5.41, 5.74) is 2.31. The second kappa shape index (κ2) is 5.83. The van der Waals surface area contributed by atoms with E-state index < -0.39 is 5.63 Å². The number of rotatable bonds is 2. The average molecular weight is 272 g/mol. The molecular formula is C10H12N2O3S2. The third-order valence-electron chi connectivity index (χ3n) is 1.92. The van der Waals surface area contributed by atoms with Crippen molar-refractivity contribution >= 4 is 34.0 Å². The van der Waals surface area contributed by atoms with Crippen LogP contribution < -0.4 is 11.1 Å². The molecule has 1 rings (SSSR count). The molecule has 0 saturated carbocycles. The molecule has 0 aliphatic rings. The summed E-state index contributed by atoms with van der Waals surface area (Å²) in [4.78, 5) is 11.5. The van der Waals surface area contributed by atoms with E-state index in [9.17, 15) is 9.90 Å². The highest BCUT2D eigenvalue weighted by Gasteiger charge is 2.12. The van der Waals surface area contributed by atoms with Crippen molar-refractivity contribution in [2.75, 3.05) is 6.26 Å². The normalized spacial score (nSPS) is 11.4. The van der Waals surface area contributed by atoms with E-state index in [1.807, 2.05) is 0 Å². The molecule has 0 fully saturated rings. The summed E-state index contributed by atoms with van der Waals surface area (Å²) >= 11 is 6.21. The second-order valence-corrected chi connectivity index (χ2v) is 4.69. The SMILES string of the molecule is CSC(=S)N/N=C(\C)c1c(O)cc(C)oc1=O. The quantitative estimate of drug-likeness (QED) is 0.484. The molecule has 0 atom stereocenters. The van der Waals surface area contributed by atoms with Crippen molar-refractivity contribution in [2.24, 2.45) is 5.10 Å². The fraction of sp³-hybridized carbons (Fsp3) is 0.300. The molecule has 7 heteroatoms. The Labute approximate surface area is 108 Å². The van der Waals surface area contributed by atoms with Crippen molar-refractivity contribution in [3.63, 3.8) is 0 Å². The van der Waals surface area contributed by atoms with E-state index in [-0.39, 0.29) is 11.3 Å². The molecule has 0 unspecified atom stereocenters. The van der Waals surface area contributed by atoms with Gasteiger partial charge in [-0.05, 0) is 20.1 Å². The first-order valence-electron chi connectivity index (χ1n) is 4.68. The Balaban J connectivity index is 3.08. The van der Waals surface area contributed by atoms with E-state index in [0.717, 1.165) is 0 Å². The first kappa shape index (κ1) is 13.7. The summed E-state index contributed by atoms with van der Waals surface area (Å²) in [5, 5.41) is 13.6. The van der Waals surface area contributed by atoms with Crippen LogP contribution >= 0.6 is 24.0 Å². The van der Waals surface area contributed by atoms with E-state index in [1.165, 1.54) is 17.8 Å². The molecule has 5 nitrogen and oxygen atoms in total. The molecule has 1 aromatic heterocycles. The molecule has 0 bridgehead atoms. The Hall–Kier alpha value is -1.34. The molecule has 0 aromatic carbocycles. The highest BCUT2D eigenvalue weighted by Crippen LogP contribution is 2.15. The summed E-state index contributed by atoms with van der Waals surface area (Å²) in [7, 11) is 0. The van der Waals surface area contributed by atoms with E-state index >= 15 is 0 Å². The predicted octanol–water partition coefficient (Wildman–Crippen LogP) is 1.62. The number of aromatic hydroxyl groups is 1. The molecule has 0 aliphatic carbocycles. The molecule has 0 amide bonds. The number of aryl methyl sites for hydroxylation is 1. The Morgan fingerprint density at radius 3 is 2.82 bits per heavy atom. The van der Waals surface area contributed by atoms with Gasteiger partial charge >= 0.3 is 5.63 Å². The predicted molar refractivity (Wildman–Crippen MR) is 72.8 cm³/mol. The van der Waals surface area contributed by atoms with Gasteiger partial charge in [0.25, 0.3) is 0 Å². The van der Waals surface area contributed by atoms with Crippen molar-refractivity contribution < 1.29 is 9.52 Å². The van der Waals surface area contributed by atoms with Gasteiger partial charge in [0.1, 0.15) is 17.1 Å². The smallest absolute Gasteiger partial charge is 0.348 e. The van der Waals surface area contributed by atoms with Crippen molar-refractivity contribution in [1.82, 2.24) is 5.43 Å². The number of hydrazone groups is 1. The molecule has 0 radical (unpaired) electrons. The van der Waals surface area contributed by atoms with Crippen LogP contribution in [-0.4, -0.2) is 21.4 Å². The Morgan fingerprint density at radius 1 is 1.65 bits per heavy atom. The van der Waals surface area contributed by atoms with Crippen LogP contribution in [0.3, 0.4) is 0 Å². The van der Waals surface area contributed by atoms with Crippen LogP contribution in [0.1, 0.15) is 18.2 Å². The fourth-order valence-corrected chi connectivity index (χ4v) is 1.34. The van der Waals surface area contributed by atoms with Crippen molar-refractivity contribution in [1.29, 1.82) is 0 Å². The van der Waals surface area contributed by atoms with E-state index in [2.05, 4.69) is 10.5 Å². The standard InChI is InChI=1S/C10H12N2O3S2/c1-5-4-7(13)8(9(14)15-5)6(2)11-12-10(16)17-3/h4,13H,1-3H3,(H,12,16)/b11-6+. The molecular weight excluding hydrogens is 260 g/mol. The Bertz CT molecular complexity index is 523. The largest absolute Gasteiger partial charge is 0.507 e. The van der Waals surface area contributed by atoms with Crippen LogP contribution in [0.4, 0.5) is 0 Å². The maximum atomic E-state index is 11.5. The first-order valence-corrected chi connectivity index (χ1v) is 6.31. The molecule has 0 aliphatic heterocycles. The van der Waals surface area contributed by atoms with Crippen molar-refractivity contribution in [3.05, 3.63) is 27.8 Å². The van der Waals surface area contributed by atoms with Gasteiger partial charge in [-0.1, -0.05) is 24.0 Å². The molecule has 0 spiro atoms. The summed E-state index contributed by atoms with van der Waals surface area (Å²) in [6, 6.07) is 1.36. The summed E-state index contributed by atoms with van der Waals surface area (Å²) in [5.74, 6) is 0.188. The zero-order valence-corrected chi connectivity index (χ0v) is 11.2. The Morgan fingerprint density at radius 2 is 2.29 bits per heavy atom. The van der Waals surface area contributed by atoms with Gasteiger partial charge in [-0.15, -0.1) is 0 Å². The van der Waals surface area contributed by atoms with Gasteiger partial charge in [0.15, 0.2) is 4.32 Å². The molecule has 92 valence electrons. The first-order chi connectivity index (χ1) is 7.95. The van der Waals surface area contributed by atoms with Gasteiger partial charge in [0.2, 0.25) is 0 Å². The zero-order valence-electron chi connectivity index (χ0n) is 9.60. The van der Waals surface area contributed by atoms with Crippen LogP contribution in [0.5, 0.6) is 5.75 Å². The van der Waals surface area contributed by atoms with Gasteiger partial charge in [0.05, 0.1) is 5.71 Å². The van der Waals surface area contributed by atoms with Crippen LogP contribution in [0.15, 0.2) is 20.4 Å². The minimum Gasteiger partial charge on any atom is -0.507 e. The Kier molecular flexibility index (Phi) is 4.71. The van der Waals surface area contributed by atoms with Crippen LogP contribution in [0.2, 0.25) is 0 Å². The van der Waals surface area contributed by atoms with Crippen LogP contribution in [0, 0.1) is 6.92 Å². The van der Waals surface area contributed by atoms with Gasteiger partial charge < -0.3 is 9.52 Å². The average Bonchev–Trinajstić information content (AvgIpc) is 2.24. The van der Waals surface area contributed by atoms with Gasteiger partial charge in [-0.2, -0.15) is 5.10 Å². The van der Waals surface area contributed by atoms with Crippen LogP contribution in [-0.2, 0) is 0 Å². The second-order valence-electron chi connectivity index (χ2n) is 3.21. The van der Waals surface area contributed by atoms with Crippen LogP contribution in [0.25, 0.3) is 0 Å². The maximum Gasteiger partial charge on any atom is 0.348 e. The maximum absolute atomic E-state index is 11.5. The van der Waals surface area contributed by atoms with Gasteiger partial charge in [0, 0.05) is 6.07 Å². The molecule has 1 aromatic rings. The topological polar surface area (TPSA) is 74.8 Å². The minimum absolute atomic E-state index is 0.0343. The number of hydrogen-bond donors (Lipinski definition) is 2. The third kappa shape index (κ3) is 3.57. The fourth-order valence-electron chi connectivity index (χ4n) is 1.16. The van der Waals surface area contributed by atoms with Gasteiger partial charge in [-0.25, -0.2) is 4.79 Å². The lowest BCUT2D eigenvalue weighted by Crippen LogP contribution is -2.18. The van der Waals surface area contributed by atoms with E-state index in [0.29, 0.717) is 15.8 Å². The number of hydrogen-bond acceptors (Lipinski definition) is 6. The number of nitrogens with zero attached hydrogens (tertiary/aromatic N) is 1. The zero-order chi connectivity index (χ0) is 13.0. The van der Waals surface area contributed by atoms with Crippen molar-refractivity contribution in [3.8, 4) is 5.75 Å². The third-order valence-corrected chi connectivity index (χ3v) is 2.97. The molecule has 1 heterocycles. The minimum atomic E-state index is -0.624. The summed E-state index contributed by atoms with van der Waals surface area (Å²) in [6.07, 6.45) is 1.80. The van der Waals surface area contributed by atoms with E-state index in [4.69, 9.17) is 16.6 Å². The molecule has 2 N–H and O–H groups in total. The highest BCUT2D eigenvalue weighted by atomic mass is 32.2. The summed E-state index contributed by atoms with van der Waals surface area (Å²) in [6.45, 7) is 3.16. The number of nitrogens with one attached hydrogen (secondary N) is 1. The molecule has 17 heavy (non-hydrogen) atoms. The number of thioether (sulfide) groups is 1. The van der Waals surface area contributed by atoms with E-state index in [1.54, 1.807) is 20.1 Å². The lowest BCUT2D eigenvalue weighted by atomic mass is 10.2. The highest BCUT2D eigenvalue weighted by molar-refractivity contribution is 8.22. The van der Waals surface area contributed by atoms with Gasteiger partial charge in [-0.3, -0.25) is 5.43 Å². The lowest BCUT2D eigenvalue weighted by molar-refractivity contribution is 0.432.